The standard InChI is InChI=1S/C26H27F3N6O/c1-3-4-5-6-16(2)24-34-21(22-23(30)32-13-14-35(22)24)17-7-9-18(10-8-17)25(36)33-20-15-19(11-12-31-20)26(27,28)29/h7-16H,3-6H2,1-2H3,(H2,30,32)(H,31,33,36). The molecule has 1 aromatic carbocycles. The number of benzene rings is 1. The molecule has 0 fully saturated rings. The second-order valence-electron chi connectivity index (χ2n) is 8.71. The molecule has 0 spiro atoms. The molecule has 0 aliphatic rings. The number of nitrogens with one attached hydrogen (secondary N) is 1. The Labute approximate surface area is 206 Å². The highest BCUT2D eigenvalue weighted by molar-refractivity contribution is 6.04. The fraction of sp³-hybridized carbons (Fsp3) is 0.308. The van der Waals surface area contributed by atoms with Gasteiger partial charge in [-0.1, -0.05) is 45.2 Å². The number of carbonyl (C=O) groups is 1. The highest BCUT2D eigenvalue weighted by Gasteiger charge is 2.31. The van der Waals surface area contributed by atoms with Crippen molar-refractivity contribution in [1.82, 2.24) is 19.4 Å². The lowest BCUT2D eigenvalue weighted by Crippen LogP contribution is -2.14. The number of hydrogen-bond acceptors (Lipinski definition) is 5. The van der Waals surface area contributed by atoms with Gasteiger partial charge in [0.1, 0.15) is 28.7 Å². The van der Waals surface area contributed by atoms with Crippen molar-refractivity contribution in [2.75, 3.05) is 11.1 Å². The fourth-order valence-electron chi connectivity index (χ4n) is 4.11. The average Bonchev–Trinajstić information content (AvgIpc) is 3.25. The van der Waals surface area contributed by atoms with Crippen LogP contribution in [0.2, 0.25) is 0 Å². The quantitative estimate of drug-likeness (QED) is 0.278. The number of carbonyl (C=O) groups excluding carboxylic acids is 1. The van der Waals surface area contributed by atoms with Gasteiger partial charge in [-0.2, -0.15) is 13.2 Å². The molecule has 1 unspecified atom stereocenters. The van der Waals surface area contributed by atoms with Crippen LogP contribution in [0.15, 0.2) is 55.0 Å². The summed E-state index contributed by atoms with van der Waals surface area (Å²) in [5, 5.41) is 2.41. The average molecular weight is 497 g/mol. The van der Waals surface area contributed by atoms with Crippen LogP contribution in [0.1, 0.15) is 67.2 Å². The first-order chi connectivity index (χ1) is 17.2. The number of halogens is 3. The van der Waals surface area contributed by atoms with E-state index >= 15 is 0 Å². The first-order valence-electron chi connectivity index (χ1n) is 11.8. The third-order valence-corrected chi connectivity index (χ3v) is 6.04. The van der Waals surface area contributed by atoms with E-state index in [4.69, 9.17) is 10.7 Å². The Hall–Kier alpha value is -3.95. The zero-order chi connectivity index (χ0) is 25.9. The number of fused-ring (bicyclic) bond motifs is 1. The van der Waals surface area contributed by atoms with Crippen LogP contribution in [-0.4, -0.2) is 25.3 Å². The van der Waals surface area contributed by atoms with E-state index in [1.807, 2.05) is 10.6 Å². The van der Waals surface area contributed by atoms with Gasteiger partial charge in [-0.05, 0) is 30.7 Å². The minimum atomic E-state index is -4.53. The van der Waals surface area contributed by atoms with E-state index in [1.54, 1.807) is 30.5 Å². The Morgan fingerprint density at radius 3 is 2.56 bits per heavy atom. The Kier molecular flexibility index (Phi) is 7.23. The molecule has 0 saturated carbocycles. The van der Waals surface area contributed by atoms with Crippen LogP contribution in [0.3, 0.4) is 0 Å². The zero-order valence-electron chi connectivity index (χ0n) is 20.0. The number of nitrogens with two attached hydrogens (primary N) is 1. The Bertz CT molecular complexity index is 1360. The van der Waals surface area contributed by atoms with Gasteiger partial charge < -0.3 is 11.1 Å². The summed E-state index contributed by atoms with van der Waals surface area (Å²) >= 11 is 0. The van der Waals surface area contributed by atoms with E-state index in [9.17, 15) is 18.0 Å². The predicted octanol–water partition coefficient (Wildman–Crippen LogP) is 6.33. The maximum Gasteiger partial charge on any atom is 0.416 e. The van der Waals surface area contributed by atoms with Crippen LogP contribution >= 0.6 is 0 Å². The molecule has 4 aromatic rings. The van der Waals surface area contributed by atoms with Crippen LogP contribution in [0.25, 0.3) is 16.8 Å². The highest BCUT2D eigenvalue weighted by Crippen LogP contribution is 2.33. The summed E-state index contributed by atoms with van der Waals surface area (Å²) in [7, 11) is 0. The number of nitrogen functional groups attached to an aromatic ring is 1. The number of pyridine rings is 1. The molecule has 36 heavy (non-hydrogen) atoms. The van der Waals surface area contributed by atoms with Gasteiger partial charge >= 0.3 is 6.18 Å². The summed E-state index contributed by atoms with van der Waals surface area (Å²) in [6.45, 7) is 4.31. The third-order valence-electron chi connectivity index (χ3n) is 6.04. The molecule has 3 heterocycles. The van der Waals surface area contributed by atoms with Crippen LogP contribution < -0.4 is 11.1 Å². The maximum atomic E-state index is 12.9. The van der Waals surface area contributed by atoms with Gasteiger partial charge in [0, 0.05) is 35.6 Å². The molecular weight excluding hydrogens is 469 g/mol. The van der Waals surface area contributed by atoms with Gasteiger partial charge in [-0.15, -0.1) is 0 Å². The van der Waals surface area contributed by atoms with E-state index in [1.165, 1.54) is 0 Å². The maximum absolute atomic E-state index is 12.9. The molecular formula is C26H27F3N6O. The molecule has 0 bridgehead atoms. The van der Waals surface area contributed by atoms with Gasteiger partial charge in [-0.3, -0.25) is 9.20 Å². The number of amides is 1. The molecule has 4 rings (SSSR count). The number of imidazole rings is 1. The number of alkyl halides is 3. The summed E-state index contributed by atoms with van der Waals surface area (Å²) < 4.78 is 40.8. The van der Waals surface area contributed by atoms with Gasteiger partial charge in [0.2, 0.25) is 0 Å². The number of rotatable bonds is 8. The van der Waals surface area contributed by atoms with Crippen molar-refractivity contribution in [2.24, 2.45) is 0 Å². The first kappa shape index (κ1) is 25.2. The van der Waals surface area contributed by atoms with Crippen molar-refractivity contribution in [1.29, 1.82) is 0 Å². The molecule has 3 N–H and O–H groups in total. The van der Waals surface area contributed by atoms with Crippen LogP contribution in [-0.2, 0) is 6.18 Å². The summed E-state index contributed by atoms with van der Waals surface area (Å²) in [6, 6.07) is 8.27. The summed E-state index contributed by atoms with van der Waals surface area (Å²) in [5.74, 6) is 0.700. The van der Waals surface area contributed by atoms with Gasteiger partial charge in [0.15, 0.2) is 0 Å². The summed E-state index contributed by atoms with van der Waals surface area (Å²) in [6.07, 6.45) is 4.36. The number of nitrogens with zero attached hydrogens (tertiary/aromatic N) is 4. The Morgan fingerprint density at radius 1 is 1.11 bits per heavy atom. The van der Waals surface area contributed by atoms with Crippen molar-refractivity contribution in [3.05, 3.63) is 71.9 Å². The predicted molar refractivity (Wildman–Crippen MR) is 133 cm³/mol. The van der Waals surface area contributed by atoms with Crippen molar-refractivity contribution < 1.29 is 18.0 Å². The van der Waals surface area contributed by atoms with E-state index in [0.29, 0.717) is 17.0 Å². The lowest BCUT2D eigenvalue weighted by atomic mass is 10.0. The second kappa shape index (κ2) is 10.3. The van der Waals surface area contributed by atoms with E-state index in [2.05, 4.69) is 29.1 Å². The first-order valence-corrected chi connectivity index (χ1v) is 11.8. The Balaban J connectivity index is 1.60. The summed E-state index contributed by atoms with van der Waals surface area (Å²) in [5.41, 5.74) is 7.68. The minimum Gasteiger partial charge on any atom is -0.382 e. The SMILES string of the molecule is CCCCCC(C)c1nc(-c2ccc(C(=O)Nc3cc(C(F)(F)F)ccn3)cc2)c2c(N)nccn12. The number of aromatic nitrogens is 4. The molecule has 188 valence electrons. The lowest BCUT2D eigenvalue weighted by molar-refractivity contribution is -0.137. The zero-order valence-corrected chi connectivity index (χ0v) is 20.0. The number of hydrogen-bond donors (Lipinski definition) is 2. The van der Waals surface area contributed by atoms with Crippen molar-refractivity contribution >= 4 is 23.1 Å². The van der Waals surface area contributed by atoms with E-state index in [-0.39, 0.29) is 17.3 Å². The molecule has 10 heteroatoms. The molecule has 0 radical (unpaired) electrons. The monoisotopic (exact) mass is 496 g/mol. The molecule has 1 atom stereocenters. The fourth-order valence-corrected chi connectivity index (χ4v) is 4.11. The number of unbranched alkanes of at least 4 members (excludes halogenated alkanes) is 2. The lowest BCUT2D eigenvalue weighted by Gasteiger charge is -2.10. The molecule has 0 aliphatic carbocycles. The largest absolute Gasteiger partial charge is 0.416 e. The van der Waals surface area contributed by atoms with Gasteiger partial charge in [-0.25, -0.2) is 15.0 Å². The number of anilines is 2. The normalized spacial score (nSPS) is 12.6. The van der Waals surface area contributed by atoms with Crippen molar-refractivity contribution in [3.63, 3.8) is 0 Å². The van der Waals surface area contributed by atoms with E-state index < -0.39 is 17.6 Å². The van der Waals surface area contributed by atoms with Crippen molar-refractivity contribution in [2.45, 2.75) is 51.6 Å². The molecule has 0 saturated heterocycles. The summed E-state index contributed by atoms with van der Waals surface area (Å²) in [4.78, 5) is 25.6. The molecule has 3 aromatic heterocycles. The van der Waals surface area contributed by atoms with Crippen molar-refractivity contribution in [3.8, 4) is 11.3 Å². The highest BCUT2D eigenvalue weighted by atomic mass is 19.4. The smallest absolute Gasteiger partial charge is 0.382 e. The molecule has 1 amide bonds. The third kappa shape index (κ3) is 5.32. The van der Waals surface area contributed by atoms with E-state index in [0.717, 1.165) is 55.4 Å². The molecule has 0 aliphatic heterocycles. The topological polar surface area (TPSA) is 98.2 Å². The van der Waals surface area contributed by atoms with Crippen LogP contribution in [0, 0.1) is 0 Å². The second-order valence-corrected chi connectivity index (χ2v) is 8.71. The van der Waals surface area contributed by atoms with Crippen LogP contribution in [0.5, 0.6) is 0 Å². The van der Waals surface area contributed by atoms with Crippen LogP contribution in [0.4, 0.5) is 24.8 Å². The van der Waals surface area contributed by atoms with Gasteiger partial charge in [0.05, 0.1) is 5.56 Å². The minimum absolute atomic E-state index is 0.181. The Morgan fingerprint density at radius 2 is 1.86 bits per heavy atom. The van der Waals surface area contributed by atoms with Gasteiger partial charge in [0.25, 0.3) is 5.91 Å². The molecule has 7 nitrogen and oxygen atoms in total.